The predicted octanol–water partition coefficient (Wildman–Crippen LogP) is 3.91. The number of rotatable bonds is 9. The third-order valence-corrected chi connectivity index (χ3v) is 6.50. The molecule has 0 aliphatic carbocycles. The smallest absolute Gasteiger partial charge is 0.264 e. The van der Waals surface area contributed by atoms with Crippen LogP contribution < -0.4 is 14.4 Å². The molecule has 0 atom stereocenters. The molecule has 1 N–H and O–H groups in total. The van der Waals surface area contributed by atoms with E-state index in [-0.39, 0.29) is 18.0 Å². The van der Waals surface area contributed by atoms with E-state index in [0.29, 0.717) is 12.3 Å². The van der Waals surface area contributed by atoms with Crippen LogP contribution in [0.2, 0.25) is 0 Å². The molecule has 0 aromatic heterocycles. The molecule has 0 radical (unpaired) electrons. The van der Waals surface area contributed by atoms with Crippen LogP contribution in [0.25, 0.3) is 0 Å². The molecular formula is C24H26N2O4S. The fourth-order valence-electron chi connectivity index (χ4n) is 3.12. The number of ether oxygens (including phenoxy) is 1. The molecule has 3 rings (SSSR count). The highest BCUT2D eigenvalue weighted by molar-refractivity contribution is 7.92. The lowest BCUT2D eigenvalue weighted by molar-refractivity contribution is -0.119. The molecule has 31 heavy (non-hydrogen) atoms. The maximum atomic E-state index is 13.3. The molecule has 162 valence electrons. The quantitative estimate of drug-likeness (QED) is 0.550. The number of hydrogen-bond donors (Lipinski definition) is 1. The number of carbonyl (C=O) groups excluding carboxylic acids is 1. The van der Waals surface area contributed by atoms with Crippen LogP contribution in [0.15, 0.2) is 83.8 Å². The third-order valence-electron chi connectivity index (χ3n) is 4.73. The monoisotopic (exact) mass is 438 g/mol. The average Bonchev–Trinajstić information content (AvgIpc) is 2.78. The van der Waals surface area contributed by atoms with E-state index in [4.69, 9.17) is 4.74 Å². The van der Waals surface area contributed by atoms with E-state index in [1.807, 2.05) is 50.2 Å². The Morgan fingerprint density at radius 2 is 1.58 bits per heavy atom. The summed E-state index contributed by atoms with van der Waals surface area (Å²) in [4.78, 5) is 12.9. The first kappa shape index (κ1) is 22.4. The SMILES string of the molecule is CCOc1ccc(CNC(=O)CN(c2ccccc2C)S(=O)(=O)c2ccccc2)cc1. The Labute approximate surface area is 183 Å². The summed E-state index contributed by atoms with van der Waals surface area (Å²) in [6.45, 7) is 4.29. The van der Waals surface area contributed by atoms with Crippen molar-refractivity contribution >= 4 is 21.6 Å². The summed E-state index contributed by atoms with van der Waals surface area (Å²) in [5.74, 6) is 0.369. The first-order valence-electron chi connectivity index (χ1n) is 10.0. The van der Waals surface area contributed by atoms with Gasteiger partial charge in [0, 0.05) is 6.54 Å². The van der Waals surface area contributed by atoms with Crippen molar-refractivity contribution in [3.63, 3.8) is 0 Å². The van der Waals surface area contributed by atoms with Gasteiger partial charge in [0.25, 0.3) is 10.0 Å². The minimum absolute atomic E-state index is 0.137. The lowest BCUT2D eigenvalue weighted by atomic mass is 10.2. The van der Waals surface area contributed by atoms with Crippen LogP contribution in [-0.4, -0.2) is 27.5 Å². The highest BCUT2D eigenvalue weighted by Gasteiger charge is 2.27. The molecule has 0 heterocycles. The first-order chi connectivity index (χ1) is 14.9. The van der Waals surface area contributed by atoms with Crippen molar-refractivity contribution in [1.29, 1.82) is 0 Å². The summed E-state index contributed by atoms with van der Waals surface area (Å²) in [6, 6.07) is 22.6. The normalized spacial score (nSPS) is 11.0. The number of hydrogen-bond acceptors (Lipinski definition) is 4. The van der Waals surface area contributed by atoms with E-state index in [1.165, 1.54) is 12.1 Å². The summed E-state index contributed by atoms with van der Waals surface area (Å²) >= 11 is 0. The summed E-state index contributed by atoms with van der Waals surface area (Å²) in [5, 5.41) is 2.81. The van der Waals surface area contributed by atoms with Crippen LogP contribution in [0.3, 0.4) is 0 Å². The number of carbonyl (C=O) groups is 1. The maximum absolute atomic E-state index is 13.3. The lowest BCUT2D eigenvalue weighted by Crippen LogP contribution is -2.41. The number of para-hydroxylation sites is 1. The number of anilines is 1. The highest BCUT2D eigenvalue weighted by Crippen LogP contribution is 2.26. The first-order valence-corrected chi connectivity index (χ1v) is 11.5. The van der Waals surface area contributed by atoms with Crippen LogP contribution in [0.4, 0.5) is 5.69 Å². The van der Waals surface area contributed by atoms with Crippen molar-refractivity contribution in [1.82, 2.24) is 5.32 Å². The molecule has 6 nitrogen and oxygen atoms in total. The van der Waals surface area contributed by atoms with Gasteiger partial charge in [-0.25, -0.2) is 8.42 Å². The zero-order chi connectivity index (χ0) is 22.3. The van der Waals surface area contributed by atoms with E-state index >= 15 is 0 Å². The molecule has 3 aromatic carbocycles. The van der Waals surface area contributed by atoms with Gasteiger partial charge in [0.2, 0.25) is 5.91 Å². The minimum atomic E-state index is -3.91. The Morgan fingerprint density at radius 3 is 2.23 bits per heavy atom. The molecule has 0 saturated heterocycles. The molecule has 7 heteroatoms. The molecule has 0 fully saturated rings. The number of amides is 1. The van der Waals surface area contributed by atoms with Gasteiger partial charge in [0.1, 0.15) is 12.3 Å². The van der Waals surface area contributed by atoms with Crippen LogP contribution in [0.5, 0.6) is 5.75 Å². The molecule has 3 aromatic rings. The Bertz CT molecular complexity index is 1110. The summed E-state index contributed by atoms with van der Waals surface area (Å²) in [5.41, 5.74) is 2.13. The van der Waals surface area contributed by atoms with E-state index in [0.717, 1.165) is 21.2 Å². The van der Waals surface area contributed by atoms with E-state index < -0.39 is 15.9 Å². The Hall–Kier alpha value is -3.32. The predicted molar refractivity (Wildman–Crippen MR) is 122 cm³/mol. The summed E-state index contributed by atoms with van der Waals surface area (Å²) in [7, 11) is -3.91. The van der Waals surface area contributed by atoms with Gasteiger partial charge >= 0.3 is 0 Å². The van der Waals surface area contributed by atoms with Crippen molar-refractivity contribution in [2.24, 2.45) is 0 Å². The van der Waals surface area contributed by atoms with Gasteiger partial charge < -0.3 is 10.1 Å². The van der Waals surface area contributed by atoms with Gasteiger partial charge in [-0.1, -0.05) is 48.5 Å². The molecule has 0 aliphatic heterocycles. The van der Waals surface area contributed by atoms with Gasteiger partial charge in [-0.15, -0.1) is 0 Å². The van der Waals surface area contributed by atoms with Gasteiger partial charge in [-0.2, -0.15) is 0 Å². The molecule has 0 saturated carbocycles. The van der Waals surface area contributed by atoms with E-state index in [9.17, 15) is 13.2 Å². The summed E-state index contributed by atoms with van der Waals surface area (Å²) < 4.78 is 33.2. The Kier molecular flexibility index (Phi) is 7.31. The maximum Gasteiger partial charge on any atom is 0.264 e. The zero-order valence-electron chi connectivity index (χ0n) is 17.6. The Morgan fingerprint density at radius 1 is 0.935 bits per heavy atom. The number of nitrogens with zero attached hydrogens (tertiary/aromatic N) is 1. The van der Waals surface area contributed by atoms with Crippen molar-refractivity contribution < 1.29 is 17.9 Å². The van der Waals surface area contributed by atoms with Gasteiger partial charge in [-0.05, 0) is 55.3 Å². The average molecular weight is 439 g/mol. The van der Waals surface area contributed by atoms with Crippen molar-refractivity contribution in [3.8, 4) is 5.75 Å². The van der Waals surface area contributed by atoms with E-state index in [2.05, 4.69) is 5.32 Å². The van der Waals surface area contributed by atoms with Crippen LogP contribution >= 0.6 is 0 Å². The van der Waals surface area contributed by atoms with Crippen molar-refractivity contribution in [2.45, 2.75) is 25.3 Å². The molecule has 0 unspecified atom stereocenters. The van der Waals surface area contributed by atoms with Gasteiger partial charge in [0.15, 0.2) is 0 Å². The van der Waals surface area contributed by atoms with Crippen LogP contribution in [-0.2, 0) is 21.4 Å². The fraction of sp³-hybridized carbons (Fsp3) is 0.208. The van der Waals surface area contributed by atoms with Gasteiger partial charge in [0.05, 0.1) is 17.2 Å². The number of nitrogens with one attached hydrogen (secondary N) is 1. The number of benzene rings is 3. The zero-order valence-corrected chi connectivity index (χ0v) is 18.4. The second-order valence-corrected chi connectivity index (χ2v) is 8.83. The fourth-order valence-corrected chi connectivity index (χ4v) is 4.63. The Balaban J connectivity index is 1.79. The second-order valence-electron chi connectivity index (χ2n) is 6.96. The largest absolute Gasteiger partial charge is 0.494 e. The van der Waals surface area contributed by atoms with Gasteiger partial charge in [-0.3, -0.25) is 9.10 Å². The molecule has 1 amide bonds. The second kappa shape index (κ2) is 10.1. The minimum Gasteiger partial charge on any atom is -0.494 e. The third kappa shape index (κ3) is 5.64. The van der Waals surface area contributed by atoms with Crippen molar-refractivity contribution in [2.75, 3.05) is 17.5 Å². The number of aryl methyl sites for hydroxylation is 1. The molecule has 0 bridgehead atoms. The standard InChI is InChI=1S/C24H26N2O4S/c1-3-30-21-15-13-20(14-16-21)17-25-24(27)18-26(23-12-8-7-9-19(23)2)31(28,29)22-10-5-4-6-11-22/h4-16H,3,17-18H2,1-2H3,(H,25,27). The number of sulfonamides is 1. The molecule has 0 aliphatic rings. The summed E-state index contributed by atoms with van der Waals surface area (Å²) in [6.07, 6.45) is 0. The van der Waals surface area contributed by atoms with E-state index in [1.54, 1.807) is 30.3 Å². The van der Waals surface area contributed by atoms with Crippen molar-refractivity contribution in [3.05, 3.63) is 90.0 Å². The highest BCUT2D eigenvalue weighted by atomic mass is 32.2. The van der Waals surface area contributed by atoms with Crippen LogP contribution in [0, 0.1) is 6.92 Å². The van der Waals surface area contributed by atoms with Crippen LogP contribution in [0.1, 0.15) is 18.1 Å². The molecular weight excluding hydrogens is 412 g/mol. The lowest BCUT2D eigenvalue weighted by Gasteiger charge is -2.25. The molecule has 0 spiro atoms. The topological polar surface area (TPSA) is 75.7 Å².